The molecule has 0 radical (unpaired) electrons. The van der Waals surface area contributed by atoms with Gasteiger partial charge in [0.1, 0.15) is 0 Å². The van der Waals surface area contributed by atoms with Crippen LogP contribution in [0.1, 0.15) is 52.9 Å². The topological polar surface area (TPSA) is 49.3 Å². The SMILES string of the molecule is CC(C)C(C)CC(=O)NCC1(O)CCCC1. The van der Waals surface area contributed by atoms with Crippen LogP contribution in [-0.2, 0) is 4.79 Å². The van der Waals surface area contributed by atoms with Gasteiger partial charge in [-0.3, -0.25) is 4.79 Å². The molecule has 0 saturated heterocycles. The van der Waals surface area contributed by atoms with Gasteiger partial charge in [-0.25, -0.2) is 0 Å². The summed E-state index contributed by atoms with van der Waals surface area (Å²) in [5.74, 6) is 1.00. The van der Waals surface area contributed by atoms with Crippen molar-refractivity contribution < 1.29 is 9.90 Å². The summed E-state index contributed by atoms with van der Waals surface area (Å²) in [6.45, 7) is 6.77. The third-order valence-corrected chi connectivity index (χ3v) is 3.79. The fraction of sp³-hybridized carbons (Fsp3) is 0.923. The van der Waals surface area contributed by atoms with Crippen LogP contribution in [0.4, 0.5) is 0 Å². The lowest BCUT2D eigenvalue weighted by Gasteiger charge is -2.23. The minimum absolute atomic E-state index is 0.0709. The van der Waals surface area contributed by atoms with Gasteiger partial charge in [0.2, 0.25) is 5.91 Å². The molecule has 0 spiro atoms. The van der Waals surface area contributed by atoms with E-state index in [4.69, 9.17) is 0 Å². The maximum absolute atomic E-state index is 11.6. The van der Waals surface area contributed by atoms with Crippen LogP contribution in [0, 0.1) is 11.8 Å². The first-order chi connectivity index (χ1) is 7.43. The Morgan fingerprint density at radius 1 is 1.31 bits per heavy atom. The van der Waals surface area contributed by atoms with Crippen molar-refractivity contribution in [3.05, 3.63) is 0 Å². The van der Waals surface area contributed by atoms with E-state index in [1.54, 1.807) is 0 Å². The van der Waals surface area contributed by atoms with Crippen molar-refractivity contribution >= 4 is 5.91 Å². The van der Waals surface area contributed by atoms with Gasteiger partial charge in [-0.05, 0) is 24.7 Å². The molecule has 94 valence electrons. The van der Waals surface area contributed by atoms with Gasteiger partial charge in [-0.2, -0.15) is 0 Å². The first kappa shape index (κ1) is 13.5. The number of hydrogen-bond donors (Lipinski definition) is 2. The third kappa shape index (κ3) is 4.12. The van der Waals surface area contributed by atoms with Crippen LogP contribution >= 0.6 is 0 Å². The molecule has 1 saturated carbocycles. The molecular weight excluding hydrogens is 202 g/mol. The molecule has 1 atom stereocenters. The molecule has 1 rings (SSSR count). The predicted octanol–water partition coefficient (Wildman–Crippen LogP) is 2.09. The molecule has 1 aliphatic carbocycles. The number of nitrogens with one attached hydrogen (secondary N) is 1. The van der Waals surface area contributed by atoms with Crippen LogP contribution in [0.25, 0.3) is 0 Å². The zero-order valence-corrected chi connectivity index (χ0v) is 10.8. The Morgan fingerprint density at radius 3 is 2.38 bits per heavy atom. The summed E-state index contributed by atoms with van der Waals surface area (Å²) in [5, 5.41) is 12.9. The highest BCUT2D eigenvalue weighted by Crippen LogP contribution is 2.28. The van der Waals surface area contributed by atoms with Gasteiger partial charge in [-0.15, -0.1) is 0 Å². The molecule has 1 aliphatic rings. The second kappa shape index (κ2) is 5.67. The first-order valence-corrected chi connectivity index (χ1v) is 6.42. The number of rotatable bonds is 5. The fourth-order valence-corrected chi connectivity index (χ4v) is 2.07. The Kier molecular flexibility index (Phi) is 4.78. The molecule has 3 nitrogen and oxygen atoms in total. The van der Waals surface area contributed by atoms with E-state index in [1.165, 1.54) is 0 Å². The first-order valence-electron chi connectivity index (χ1n) is 6.42. The highest BCUT2D eigenvalue weighted by molar-refractivity contribution is 5.76. The van der Waals surface area contributed by atoms with E-state index < -0.39 is 5.60 Å². The van der Waals surface area contributed by atoms with E-state index in [2.05, 4.69) is 26.1 Å². The van der Waals surface area contributed by atoms with Crippen LogP contribution in [0.5, 0.6) is 0 Å². The van der Waals surface area contributed by atoms with Crippen LogP contribution < -0.4 is 5.32 Å². The summed E-state index contributed by atoms with van der Waals surface area (Å²) < 4.78 is 0. The van der Waals surface area contributed by atoms with Crippen LogP contribution in [0.15, 0.2) is 0 Å². The zero-order valence-electron chi connectivity index (χ0n) is 10.8. The molecule has 0 aromatic carbocycles. The molecule has 0 heterocycles. The summed E-state index contributed by atoms with van der Waals surface area (Å²) in [4.78, 5) is 11.6. The molecule has 1 fully saturated rings. The second-order valence-electron chi connectivity index (χ2n) is 5.63. The summed E-state index contributed by atoms with van der Waals surface area (Å²) in [7, 11) is 0. The number of carbonyl (C=O) groups is 1. The third-order valence-electron chi connectivity index (χ3n) is 3.79. The lowest BCUT2D eigenvalue weighted by molar-refractivity contribution is -0.123. The van der Waals surface area contributed by atoms with Gasteiger partial charge in [0, 0.05) is 13.0 Å². The number of hydrogen-bond acceptors (Lipinski definition) is 2. The van der Waals surface area contributed by atoms with Gasteiger partial charge in [-0.1, -0.05) is 33.6 Å². The number of amides is 1. The molecule has 0 aromatic rings. The second-order valence-corrected chi connectivity index (χ2v) is 5.63. The van der Waals surface area contributed by atoms with E-state index in [9.17, 15) is 9.90 Å². The summed E-state index contributed by atoms with van der Waals surface area (Å²) in [6, 6.07) is 0. The molecular formula is C13H25NO2. The lowest BCUT2D eigenvalue weighted by atomic mass is 9.94. The molecule has 0 bridgehead atoms. The van der Waals surface area contributed by atoms with Gasteiger partial charge >= 0.3 is 0 Å². The Balaban J connectivity index is 2.24. The van der Waals surface area contributed by atoms with Gasteiger partial charge in [0.05, 0.1) is 5.60 Å². The van der Waals surface area contributed by atoms with Gasteiger partial charge in [0.25, 0.3) is 0 Å². The molecule has 3 heteroatoms. The predicted molar refractivity (Wildman–Crippen MR) is 65.0 cm³/mol. The van der Waals surface area contributed by atoms with E-state index >= 15 is 0 Å². The molecule has 0 aliphatic heterocycles. The smallest absolute Gasteiger partial charge is 0.220 e. The van der Waals surface area contributed by atoms with Crippen molar-refractivity contribution in [3.63, 3.8) is 0 Å². The van der Waals surface area contributed by atoms with Crippen molar-refractivity contribution in [2.45, 2.75) is 58.5 Å². The van der Waals surface area contributed by atoms with E-state index in [-0.39, 0.29) is 5.91 Å². The Labute approximate surface area is 98.6 Å². The highest BCUT2D eigenvalue weighted by Gasteiger charge is 2.31. The van der Waals surface area contributed by atoms with Crippen molar-refractivity contribution in [1.29, 1.82) is 0 Å². The normalized spacial score (nSPS) is 21.1. The Hall–Kier alpha value is -0.570. The van der Waals surface area contributed by atoms with Crippen LogP contribution in [-0.4, -0.2) is 23.2 Å². The van der Waals surface area contributed by atoms with Gasteiger partial charge in [0.15, 0.2) is 0 Å². The van der Waals surface area contributed by atoms with Crippen molar-refractivity contribution in [3.8, 4) is 0 Å². The van der Waals surface area contributed by atoms with Crippen LogP contribution in [0.2, 0.25) is 0 Å². The highest BCUT2D eigenvalue weighted by atomic mass is 16.3. The van der Waals surface area contributed by atoms with Crippen molar-refractivity contribution in [1.82, 2.24) is 5.32 Å². The monoisotopic (exact) mass is 227 g/mol. The zero-order chi connectivity index (χ0) is 12.2. The van der Waals surface area contributed by atoms with E-state index in [0.29, 0.717) is 24.8 Å². The quantitative estimate of drug-likeness (QED) is 0.755. The van der Waals surface area contributed by atoms with Crippen molar-refractivity contribution in [2.75, 3.05) is 6.54 Å². The summed E-state index contributed by atoms with van der Waals surface area (Å²) in [5.41, 5.74) is -0.628. The molecule has 0 aromatic heterocycles. The number of carbonyl (C=O) groups excluding carboxylic acids is 1. The standard InChI is InChI=1S/C13H25NO2/c1-10(2)11(3)8-12(15)14-9-13(16)6-4-5-7-13/h10-11,16H,4-9H2,1-3H3,(H,14,15). The maximum Gasteiger partial charge on any atom is 0.220 e. The average Bonchev–Trinajstić information content (AvgIpc) is 2.63. The minimum Gasteiger partial charge on any atom is -0.388 e. The summed E-state index contributed by atoms with van der Waals surface area (Å²) >= 11 is 0. The molecule has 1 unspecified atom stereocenters. The Morgan fingerprint density at radius 2 is 1.88 bits per heavy atom. The summed E-state index contributed by atoms with van der Waals surface area (Å²) in [6.07, 6.45) is 4.37. The van der Waals surface area contributed by atoms with Crippen molar-refractivity contribution in [2.24, 2.45) is 11.8 Å². The van der Waals surface area contributed by atoms with E-state index in [1.807, 2.05) is 0 Å². The number of aliphatic hydroxyl groups is 1. The average molecular weight is 227 g/mol. The Bertz CT molecular complexity index is 232. The largest absolute Gasteiger partial charge is 0.388 e. The minimum atomic E-state index is -0.628. The molecule has 2 N–H and O–H groups in total. The van der Waals surface area contributed by atoms with Crippen LogP contribution in [0.3, 0.4) is 0 Å². The van der Waals surface area contributed by atoms with Gasteiger partial charge < -0.3 is 10.4 Å². The lowest BCUT2D eigenvalue weighted by Crippen LogP contribution is -2.41. The fourth-order valence-electron chi connectivity index (χ4n) is 2.07. The maximum atomic E-state index is 11.6. The van der Waals surface area contributed by atoms with E-state index in [0.717, 1.165) is 25.7 Å². The molecule has 1 amide bonds. The molecule has 16 heavy (non-hydrogen) atoms.